The third-order valence-electron chi connectivity index (χ3n) is 8.07. The van der Waals surface area contributed by atoms with E-state index in [0.717, 1.165) is 54.1 Å². The van der Waals surface area contributed by atoms with E-state index in [1.54, 1.807) is 6.07 Å². The Bertz CT molecular complexity index is 1290. The maximum absolute atomic E-state index is 13.4. The number of amides is 1. The van der Waals surface area contributed by atoms with E-state index in [0.29, 0.717) is 10.8 Å². The van der Waals surface area contributed by atoms with Gasteiger partial charge in [0.05, 0.1) is 5.75 Å². The average molecular weight is 587 g/mol. The normalized spacial score (nSPS) is 19.4. The monoisotopic (exact) mass is 586 g/mol. The minimum atomic E-state index is -3.36. The number of aryl methyl sites for hydroxylation is 1. The first kappa shape index (κ1) is 30.6. The van der Waals surface area contributed by atoms with Gasteiger partial charge in [0.2, 0.25) is 0 Å². The van der Waals surface area contributed by atoms with Gasteiger partial charge in [-0.05, 0) is 85.2 Å². The van der Waals surface area contributed by atoms with Gasteiger partial charge in [0.15, 0.2) is 0 Å². The van der Waals surface area contributed by atoms with Gasteiger partial charge in [-0.25, -0.2) is 13.2 Å². The number of nitrogens with one attached hydrogen (secondary N) is 1. The van der Waals surface area contributed by atoms with Crippen LogP contribution in [0, 0.1) is 12.8 Å². The number of hydrogen-bond acceptors (Lipinski definition) is 6. The number of benzene rings is 2. The fourth-order valence-corrected chi connectivity index (χ4v) is 7.90. The number of nitrogens with zero attached hydrogens (tertiary/aromatic N) is 1. The SMILES string of the molecule is Cc1ccccc1-c1cc(CN2CC[C@@H](SCC3CCCCC3)C2)ccc1C(=O)N[C@@H](CCS(C)(=O)=O)C(=O)O. The van der Waals surface area contributed by atoms with Crippen molar-refractivity contribution in [3.63, 3.8) is 0 Å². The Morgan fingerprint density at radius 2 is 1.82 bits per heavy atom. The van der Waals surface area contributed by atoms with E-state index in [1.165, 1.54) is 44.3 Å². The number of aliphatic carboxylic acids is 1. The van der Waals surface area contributed by atoms with Crippen LogP contribution in [0.1, 0.15) is 66.4 Å². The van der Waals surface area contributed by atoms with Gasteiger partial charge in [-0.2, -0.15) is 11.8 Å². The van der Waals surface area contributed by atoms with Gasteiger partial charge >= 0.3 is 5.97 Å². The van der Waals surface area contributed by atoms with E-state index in [2.05, 4.69) is 22.0 Å². The van der Waals surface area contributed by atoms with Gasteiger partial charge in [-0.1, -0.05) is 49.6 Å². The minimum absolute atomic E-state index is 0.188. The van der Waals surface area contributed by atoms with Crippen molar-refractivity contribution in [1.29, 1.82) is 0 Å². The summed E-state index contributed by atoms with van der Waals surface area (Å²) in [6, 6.07) is 12.3. The first-order chi connectivity index (χ1) is 19.1. The number of thioether (sulfide) groups is 1. The summed E-state index contributed by atoms with van der Waals surface area (Å²) >= 11 is 2.15. The maximum Gasteiger partial charge on any atom is 0.326 e. The number of carbonyl (C=O) groups excluding carboxylic acids is 1. The molecule has 40 heavy (non-hydrogen) atoms. The summed E-state index contributed by atoms with van der Waals surface area (Å²) in [7, 11) is -3.36. The zero-order valence-electron chi connectivity index (χ0n) is 23.6. The van der Waals surface area contributed by atoms with Gasteiger partial charge < -0.3 is 10.4 Å². The highest BCUT2D eigenvalue weighted by Gasteiger charge is 2.27. The van der Waals surface area contributed by atoms with Crippen LogP contribution in [0.3, 0.4) is 0 Å². The number of rotatable bonds is 12. The summed E-state index contributed by atoms with van der Waals surface area (Å²) in [5.41, 5.74) is 4.18. The van der Waals surface area contributed by atoms with E-state index in [1.807, 2.05) is 43.3 Å². The number of carbonyl (C=O) groups is 2. The summed E-state index contributed by atoms with van der Waals surface area (Å²) in [5, 5.41) is 12.8. The Hall–Kier alpha value is -2.36. The van der Waals surface area contributed by atoms with Crippen LogP contribution < -0.4 is 5.32 Å². The molecular weight excluding hydrogens is 544 g/mol. The zero-order chi connectivity index (χ0) is 28.7. The molecule has 1 saturated carbocycles. The van der Waals surface area contributed by atoms with Crippen LogP contribution in [0.15, 0.2) is 42.5 Å². The van der Waals surface area contributed by atoms with Crippen molar-refractivity contribution >= 4 is 33.5 Å². The Balaban J connectivity index is 1.47. The summed E-state index contributed by atoms with van der Waals surface area (Å²) in [6.45, 7) is 4.92. The lowest BCUT2D eigenvalue weighted by Gasteiger charge is -2.23. The standard InChI is InChI=1S/C31H42N2O5S2/c1-22-8-6-7-11-26(22)28-18-24(19-33-16-14-25(20-33)39-21-23-9-4-3-5-10-23)12-13-27(28)30(34)32-29(31(35)36)15-17-40(2,37)38/h6-8,11-13,18,23,25,29H,3-5,9-10,14-17,19-21H2,1-2H3,(H,32,34)(H,35,36)/t25-,29+/m1/s1. The van der Waals surface area contributed by atoms with Crippen molar-refractivity contribution in [2.75, 3.05) is 30.9 Å². The fraction of sp³-hybridized carbons (Fsp3) is 0.548. The molecule has 0 aromatic heterocycles. The smallest absolute Gasteiger partial charge is 0.326 e. The Kier molecular flexibility index (Phi) is 10.7. The molecule has 1 aliphatic heterocycles. The van der Waals surface area contributed by atoms with Crippen molar-refractivity contribution < 1.29 is 23.1 Å². The van der Waals surface area contributed by atoms with Crippen LogP contribution in [0.2, 0.25) is 0 Å². The fourth-order valence-electron chi connectivity index (χ4n) is 5.77. The van der Waals surface area contributed by atoms with Crippen LogP contribution >= 0.6 is 11.8 Å². The van der Waals surface area contributed by atoms with Gasteiger partial charge in [0.1, 0.15) is 15.9 Å². The molecule has 0 unspecified atom stereocenters. The van der Waals surface area contributed by atoms with Crippen molar-refractivity contribution in [2.24, 2.45) is 5.92 Å². The molecule has 1 heterocycles. The quantitative estimate of drug-likeness (QED) is 0.354. The highest BCUT2D eigenvalue weighted by Crippen LogP contribution is 2.33. The molecule has 218 valence electrons. The second-order valence-corrected chi connectivity index (χ2v) is 15.1. The number of carboxylic acids is 1. The molecule has 1 aliphatic carbocycles. The minimum Gasteiger partial charge on any atom is -0.480 e. The van der Waals surface area contributed by atoms with Gasteiger partial charge in [-0.3, -0.25) is 9.69 Å². The largest absolute Gasteiger partial charge is 0.480 e. The predicted octanol–water partition coefficient (Wildman–Crippen LogP) is 5.17. The van der Waals surface area contributed by atoms with Gasteiger partial charge in [0.25, 0.3) is 5.91 Å². The molecule has 2 aromatic rings. The van der Waals surface area contributed by atoms with E-state index < -0.39 is 27.8 Å². The lowest BCUT2D eigenvalue weighted by atomic mass is 9.91. The predicted molar refractivity (Wildman–Crippen MR) is 163 cm³/mol. The van der Waals surface area contributed by atoms with Crippen LogP contribution in [-0.4, -0.2) is 72.4 Å². The molecule has 1 saturated heterocycles. The van der Waals surface area contributed by atoms with Gasteiger partial charge in [0, 0.05) is 30.2 Å². The average Bonchev–Trinajstić information content (AvgIpc) is 3.37. The highest BCUT2D eigenvalue weighted by molar-refractivity contribution is 7.99. The summed E-state index contributed by atoms with van der Waals surface area (Å²) in [6.07, 6.45) is 9.01. The first-order valence-corrected chi connectivity index (χ1v) is 17.4. The highest BCUT2D eigenvalue weighted by atomic mass is 32.2. The maximum atomic E-state index is 13.4. The molecule has 2 aliphatic rings. The second-order valence-electron chi connectivity index (χ2n) is 11.5. The first-order valence-electron chi connectivity index (χ1n) is 14.3. The van der Waals surface area contributed by atoms with E-state index >= 15 is 0 Å². The molecular formula is C31H42N2O5S2. The molecule has 4 rings (SSSR count). The van der Waals surface area contributed by atoms with Crippen molar-refractivity contribution in [2.45, 2.75) is 69.7 Å². The second kappa shape index (κ2) is 14.0. The van der Waals surface area contributed by atoms with Crippen molar-refractivity contribution in [3.05, 3.63) is 59.2 Å². The molecule has 2 atom stereocenters. The molecule has 9 heteroatoms. The molecule has 7 nitrogen and oxygen atoms in total. The van der Waals surface area contributed by atoms with Crippen LogP contribution in [0.25, 0.3) is 11.1 Å². The summed E-state index contributed by atoms with van der Waals surface area (Å²) < 4.78 is 23.2. The molecule has 2 N–H and O–H groups in total. The van der Waals surface area contributed by atoms with Crippen LogP contribution in [0.5, 0.6) is 0 Å². The third-order valence-corrected chi connectivity index (χ3v) is 10.6. The van der Waals surface area contributed by atoms with Crippen LogP contribution in [-0.2, 0) is 21.2 Å². The Morgan fingerprint density at radius 3 is 2.52 bits per heavy atom. The number of hydrogen-bond donors (Lipinski definition) is 2. The molecule has 0 spiro atoms. The van der Waals surface area contributed by atoms with Crippen LogP contribution in [0.4, 0.5) is 0 Å². The van der Waals surface area contributed by atoms with E-state index in [-0.39, 0.29) is 12.2 Å². The van der Waals surface area contributed by atoms with Crippen molar-refractivity contribution in [3.8, 4) is 11.1 Å². The molecule has 0 radical (unpaired) electrons. The lowest BCUT2D eigenvalue weighted by Crippen LogP contribution is -2.42. The van der Waals surface area contributed by atoms with Gasteiger partial charge in [-0.15, -0.1) is 0 Å². The third kappa shape index (κ3) is 8.82. The summed E-state index contributed by atoms with van der Waals surface area (Å²) in [4.78, 5) is 27.6. The molecule has 0 bridgehead atoms. The molecule has 1 amide bonds. The Morgan fingerprint density at radius 1 is 1.07 bits per heavy atom. The topological polar surface area (TPSA) is 104 Å². The Labute approximate surface area is 243 Å². The lowest BCUT2D eigenvalue weighted by molar-refractivity contribution is -0.139. The van der Waals surface area contributed by atoms with E-state index in [9.17, 15) is 23.1 Å². The number of sulfone groups is 1. The molecule has 2 fully saturated rings. The van der Waals surface area contributed by atoms with E-state index in [4.69, 9.17) is 0 Å². The summed E-state index contributed by atoms with van der Waals surface area (Å²) in [5.74, 6) is 0.0718. The number of carboxylic acid groups (broad SMARTS) is 1. The zero-order valence-corrected chi connectivity index (χ0v) is 25.2. The number of likely N-dealkylation sites (tertiary alicyclic amines) is 1. The molecule has 2 aromatic carbocycles. The van der Waals surface area contributed by atoms with Crippen molar-refractivity contribution in [1.82, 2.24) is 10.2 Å².